The minimum atomic E-state index is -0.0750. The number of rotatable bonds is 6. The first kappa shape index (κ1) is 19.1. The summed E-state index contributed by atoms with van der Waals surface area (Å²) in [4.78, 5) is 30.3. The highest BCUT2D eigenvalue weighted by Gasteiger charge is 2.27. The van der Waals surface area contributed by atoms with Crippen molar-refractivity contribution in [1.82, 2.24) is 15.2 Å². The maximum atomic E-state index is 12.6. The Balaban J connectivity index is 1.32. The molecule has 1 atom stereocenters. The molecule has 6 nitrogen and oxygen atoms in total. The van der Waals surface area contributed by atoms with Gasteiger partial charge in [0.2, 0.25) is 5.91 Å². The summed E-state index contributed by atoms with van der Waals surface area (Å²) in [5.74, 6) is 0.0874. The highest BCUT2D eigenvalue weighted by atomic mass is 16.2. The van der Waals surface area contributed by atoms with E-state index in [4.69, 9.17) is 0 Å². The summed E-state index contributed by atoms with van der Waals surface area (Å²) < 4.78 is 0. The molecule has 156 valence electrons. The second-order valence-electron chi connectivity index (χ2n) is 8.63. The van der Waals surface area contributed by atoms with Crippen LogP contribution in [0.3, 0.4) is 0 Å². The van der Waals surface area contributed by atoms with Gasteiger partial charge in [-0.2, -0.15) is 0 Å². The Labute approximate surface area is 176 Å². The molecule has 30 heavy (non-hydrogen) atoms. The van der Waals surface area contributed by atoms with Crippen molar-refractivity contribution in [2.75, 3.05) is 31.5 Å². The normalized spacial score (nSPS) is 22.5. The van der Waals surface area contributed by atoms with Crippen LogP contribution >= 0.6 is 0 Å². The fraction of sp³-hybridized carbons (Fsp3) is 0.417. The van der Waals surface area contributed by atoms with Crippen LogP contribution in [0.5, 0.6) is 0 Å². The Morgan fingerprint density at radius 3 is 2.77 bits per heavy atom. The molecule has 3 N–H and O–H groups in total. The van der Waals surface area contributed by atoms with Gasteiger partial charge in [-0.3, -0.25) is 9.59 Å². The number of aromatic nitrogens is 1. The summed E-state index contributed by atoms with van der Waals surface area (Å²) in [5, 5.41) is 5.86. The lowest BCUT2D eigenvalue weighted by atomic mass is 9.95. The lowest BCUT2D eigenvalue weighted by Crippen LogP contribution is -2.21. The minimum absolute atomic E-state index is 0.0297. The van der Waals surface area contributed by atoms with Crippen LogP contribution in [-0.4, -0.2) is 47.9 Å². The molecule has 0 spiro atoms. The van der Waals surface area contributed by atoms with E-state index in [1.165, 1.54) is 31.5 Å². The summed E-state index contributed by atoms with van der Waals surface area (Å²) in [6, 6.07) is 8.16. The summed E-state index contributed by atoms with van der Waals surface area (Å²) in [6.45, 7) is 4.27. The number of nitrogens with zero attached hydrogens (tertiary/aromatic N) is 1. The highest BCUT2D eigenvalue weighted by molar-refractivity contribution is 6.34. The van der Waals surface area contributed by atoms with Crippen LogP contribution in [0.25, 0.3) is 11.6 Å². The van der Waals surface area contributed by atoms with Crippen molar-refractivity contribution in [2.45, 2.75) is 32.1 Å². The smallest absolute Gasteiger partial charge is 0.256 e. The van der Waals surface area contributed by atoms with Crippen molar-refractivity contribution in [3.63, 3.8) is 0 Å². The molecule has 2 amide bonds. The highest BCUT2D eigenvalue weighted by Crippen LogP contribution is 2.34. The number of hydrogen-bond donors (Lipinski definition) is 3. The van der Waals surface area contributed by atoms with Gasteiger partial charge in [-0.25, -0.2) is 0 Å². The van der Waals surface area contributed by atoms with Crippen molar-refractivity contribution >= 4 is 29.2 Å². The molecule has 2 fully saturated rings. The van der Waals surface area contributed by atoms with Gasteiger partial charge < -0.3 is 20.5 Å². The van der Waals surface area contributed by atoms with Crippen molar-refractivity contribution in [3.8, 4) is 0 Å². The number of hydrogen-bond acceptors (Lipinski definition) is 3. The summed E-state index contributed by atoms with van der Waals surface area (Å²) in [5.41, 5.74) is 5.75. The molecule has 3 aliphatic rings. The number of benzene rings is 1. The predicted octanol–water partition coefficient (Wildman–Crippen LogP) is 2.82. The van der Waals surface area contributed by atoms with Crippen LogP contribution in [-0.2, 0) is 22.4 Å². The number of anilines is 1. The molecule has 1 aromatic carbocycles. The van der Waals surface area contributed by atoms with E-state index >= 15 is 0 Å². The first-order valence-corrected chi connectivity index (χ1v) is 11.0. The number of carbonyl (C=O) groups is 2. The summed E-state index contributed by atoms with van der Waals surface area (Å²) in [6.07, 6.45) is 9.22. The zero-order chi connectivity index (χ0) is 20.5. The molecule has 0 saturated carbocycles. The standard InChI is InChI=1S/C24H28N4O2/c29-23-18(5-7-25-23)11-16-3-4-22-20(13-16)21(24(30)27-22)14-19-12-17(15-26-19)6-10-28-8-1-2-9-28/h3-4,12-15,18,26H,1-2,5-11H2,(H,25,29)(H,27,30)/b21-14-. The first-order valence-electron chi connectivity index (χ1n) is 11.0. The third kappa shape index (κ3) is 3.92. The zero-order valence-corrected chi connectivity index (χ0v) is 17.2. The van der Waals surface area contributed by atoms with E-state index in [1.54, 1.807) is 0 Å². The van der Waals surface area contributed by atoms with Gasteiger partial charge in [-0.05, 0) is 80.6 Å². The molecular weight excluding hydrogens is 376 g/mol. The van der Waals surface area contributed by atoms with E-state index in [2.05, 4.69) is 32.7 Å². The molecule has 0 aliphatic carbocycles. The van der Waals surface area contributed by atoms with Crippen molar-refractivity contribution in [3.05, 3.63) is 52.8 Å². The second-order valence-corrected chi connectivity index (χ2v) is 8.63. The number of amides is 2. The predicted molar refractivity (Wildman–Crippen MR) is 118 cm³/mol. The van der Waals surface area contributed by atoms with Crippen LogP contribution in [0.4, 0.5) is 5.69 Å². The number of fused-ring (bicyclic) bond motifs is 1. The molecule has 5 rings (SSSR count). The topological polar surface area (TPSA) is 77.2 Å². The van der Waals surface area contributed by atoms with Crippen LogP contribution in [0.15, 0.2) is 30.5 Å². The molecule has 4 heterocycles. The van der Waals surface area contributed by atoms with Crippen molar-refractivity contribution in [2.24, 2.45) is 5.92 Å². The van der Waals surface area contributed by atoms with Gasteiger partial charge in [0.25, 0.3) is 5.91 Å². The van der Waals surface area contributed by atoms with Crippen molar-refractivity contribution in [1.29, 1.82) is 0 Å². The number of likely N-dealkylation sites (tertiary alicyclic amines) is 1. The zero-order valence-electron chi connectivity index (χ0n) is 17.2. The average molecular weight is 405 g/mol. The Morgan fingerprint density at radius 2 is 1.97 bits per heavy atom. The number of aromatic amines is 1. The molecule has 2 aromatic rings. The SMILES string of the molecule is O=C1Nc2ccc(CC3CCNC3=O)cc2/C1=C/c1cc(CCN2CCCC2)c[nH]1. The summed E-state index contributed by atoms with van der Waals surface area (Å²) in [7, 11) is 0. The van der Waals surface area contributed by atoms with Gasteiger partial charge in [0.05, 0.1) is 5.57 Å². The molecule has 1 unspecified atom stereocenters. The Kier molecular flexibility index (Phi) is 5.17. The van der Waals surface area contributed by atoms with Gasteiger partial charge >= 0.3 is 0 Å². The maximum Gasteiger partial charge on any atom is 0.256 e. The van der Waals surface area contributed by atoms with Crippen molar-refractivity contribution < 1.29 is 9.59 Å². The maximum absolute atomic E-state index is 12.6. The molecule has 0 radical (unpaired) electrons. The van der Waals surface area contributed by atoms with Crippen LogP contribution in [0, 0.1) is 5.92 Å². The third-order valence-corrected chi connectivity index (χ3v) is 6.49. The van der Waals surface area contributed by atoms with E-state index in [9.17, 15) is 9.59 Å². The van der Waals surface area contributed by atoms with Crippen LogP contribution in [0.1, 0.15) is 41.6 Å². The molecule has 3 aliphatic heterocycles. The van der Waals surface area contributed by atoms with E-state index < -0.39 is 0 Å². The Hall–Kier alpha value is -2.86. The molecule has 2 saturated heterocycles. The second kappa shape index (κ2) is 8.11. The number of carbonyl (C=O) groups excluding carboxylic acids is 2. The summed E-state index contributed by atoms with van der Waals surface area (Å²) >= 11 is 0. The molecule has 6 heteroatoms. The lowest BCUT2D eigenvalue weighted by molar-refractivity contribution is -0.122. The van der Waals surface area contributed by atoms with Gasteiger partial charge in [-0.15, -0.1) is 0 Å². The van der Waals surface area contributed by atoms with Gasteiger partial charge in [0.1, 0.15) is 0 Å². The van der Waals surface area contributed by atoms with E-state index in [-0.39, 0.29) is 17.7 Å². The van der Waals surface area contributed by atoms with Crippen LogP contribution < -0.4 is 10.6 Å². The Morgan fingerprint density at radius 1 is 1.10 bits per heavy atom. The number of nitrogens with one attached hydrogen (secondary N) is 3. The average Bonchev–Trinajstić information content (AvgIpc) is 3.52. The van der Waals surface area contributed by atoms with E-state index in [0.717, 1.165) is 48.4 Å². The fourth-order valence-electron chi connectivity index (χ4n) is 4.77. The van der Waals surface area contributed by atoms with E-state index in [0.29, 0.717) is 12.0 Å². The van der Waals surface area contributed by atoms with Crippen LogP contribution in [0.2, 0.25) is 0 Å². The molecule has 1 aromatic heterocycles. The monoisotopic (exact) mass is 404 g/mol. The van der Waals surface area contributed by atoms with Gasteiger partial charge in [0.15, 0.2) is 0 Å². The van der Waals surface area contributed by atoms with Gasteiger partial charge in [0, 0.05) is 42.1 Å². The largest absolute Gasteiger partial charge is 0.361 e. The lowest BCUT2D eigenvalue weighted by Gasteiger charge is -2.12. The van der Waals surface area contributed by atoms with E-state index in [1.807, 2.05) is 24.4 Å². The first-order chi connectivity index (χ1) is 14.7. The fourth-order valence-corrected chi connectivity index (χ4v) is 4.77. The Bertz CT molecular complexity index is 1000. The molecular formula is C24H28N4O2. The number of H-pyrrole nitrogens is 1. The quantitative estimate of drug-likeness (QED) is 0.648. The molecule has 0 bridgehead atoms. The van der Waals surface area contributed by atoms with Gasteiger partial charge in [-0.1, -0.05) is 6.07 Å². The minimum Gasteiger partial charge on any atom is -0.361 e. The third-order valence-electron chi connectivity index (χ3n) is 6.49.